The second-order valence-electron chi connectivity index (χ2n) is 9.72. The van der Waals surface area contributed by atoms with Gasteiger partial charge in [0.25, 0.3) is 0 Å². The predicted molar refractivity (Wildman–Crippen MR) is 115 cm³/mol. The van der Waals surface area contributed by atoms with E-state index in [1.807, 2.05) is 12.2 Å². The average Bonchev–Trinajstić information content (AvgIpc) is 2.82. The number of hydrogen-bond donors (Lipinski definition) is 1. The van der Waals surface area contributed by atoms with E-state index in [4.69, 9.17) is 5.26 Å². The molecule has 1 N–H and O–H groups in total. The molecular formula is C22H48Cl2N2O2. The lowest BCUT2D eigenvalue weighted by Crippen LogP contribution is -3.00. The summed E-state index contributed by atoms with van der Waals surface area (Å²) in [4.78, 5) is 3.94. The summed E-state index contributed by atoms with van der Waals surface area (Å²) in [6.07, 6.45) is 6.62. The van der Waals surface area contributed by atoms with Gasteiger partial charge >= 0.3 is 0 Å². The van der Waals surface area contributed by atoms with Crippen LogP contribution in [0, 0.1) is 11.8 Å². The molecule has 0 amide bonds. The van der Waals surface area contributed by atoms with Crippen LogP contribution in [0.1, 0.15) is 47.5 Å². The van der Waals surface area contributed by atoms with Gasteiger partial charge in [-0.3, -0.25) is 5.26 Å². The fourth-order valence-corrected chi connectivity index (χ4v) is 3.34. The summed E-state index contributed by atoms with van der Waals surface area (Å²) in [5.41, 5.74) is -0.403. The minimum absolute atomic E-state index is 0. The zero-order valence-electron chi connectivity index (χ0n) is 20.0. The van der Waals surface area contributed by atoms with Crippen molar-refractivity contribution in [2.24, 2.45) is 11.8 Å². The molecule has 2 atom stereocenters. The van der Waals surface area contributed by atoms with Crippen LogP contribution in [0.3, 0.4) is 0 Å². The quantitative estimate of drug-likeness (QED) is 0.243. The topological polar surface area (TPSA) is 29.5 Å². The molecule has 4 nitrogen and oxygen atoms in total. The molecule has 1 aliphatic rings. The van der Waals surface area contributed by atoms with Crippen molar-refractivity contribution in [1.82, 2.24) is 0 Å². The van der Waals surface area contributed by atoms with Gasteiger partial charge in [-0.05, 0) is 45.8 Å². The number of quaternary nitrogens is 2. The largest absolute Gasteiger partial charge is 1.00 e. The highest BCUT2D eigenvalue weighted by Crippen LogP contribution is 2.30. The van der Waals surface area contributed by atoms with Crippen molar-refractivity contribution in [1.29, 1.82) is 0 Å². The van der Waals surface area contributed by atoms with E-state index in [9.17, 15) is 0 Å². The van der Waals surface area contributed by atoms with Gasteiger partial charge in [-0.2, -0.15) is 0 Å². The number of rotatable bonds is 6. The highest BCUT2D eigenvalue weighted by molar-refractivity contribution is 4.73. The first kappa shape index (κ1) is 35.3. The van der Waals surface area contributed by atoms with Crippen molar-refractivity contribution in [3.05, 3.63) is 25.3 Å². The molecule has 1 fully saturated rings. The predicted octanol–water partition coefficient (Wildman–Crippen LogP) is -1.15. The van der Waals surface area contributed by atoms with E-state index in [-0.39, 0.29) is 24.8 Å². The monoisotopic (exact) mass is 442 g/mol. The van der Waals surface area contributed by atoms with Crippen molar-refractivity contribution in [3.8, 4) is 0 Å². The molecule has 1 aliphatic heterocycles. The number of nitrogens with zero attached hydrogens (tertiary/aromatic N) is 2. The Balaban J connectivity index is -0.000000155. The molecule has 0 aromatic carbocycles. The van der Waals surface area contributed by atoms with E-state index < -0.39 is 5.60 Å². The molecular weight excluding hydrogens is 395 g/mol. The summed E-state index contributed by atoms with van der Waals surface area (Å²) >= 11 is 0. The molecule has 1 rings (SSSR count). The number of hydrogen-bond acceptors (Lipinski definition) is 2. The number of likely N-dealkylation sites (N-methyl/N-ethyl adjacent to an activating group) is 1. The normalized spacial score (nSPS) is 20.2. The molecule has 172 valence electrons. The summed E-state index contributed by atoms with van der Waals surface area (Å²) in [6, 6.07) is 0. The van der Waals surface area contributed by atoms with Gasteiger partial charge < -0.3 is 33.8 Å². The Labute approximate surface area is 188 Å². The second-order valence-corrected chi connectivity index (χ2v) is 9.72. The summed E-state index contributed by atoms with van der Waals surface area (Å²) in [6.45, 7) is 22.1. The van der Waals surface area contributed by atoms with Crippen LogP contribution < -0.4 is 24.8 Å². The molecule has 0 bridgehead atoms. The Bertz CT molecular complexity index is 368. The third-order valence-corrected chi connectivity index (χ3v) is 4.69. The Morgan fingerprint density at radius 3 is 1.43 bits per heavy atom. The van der Waals surface area contributed by atoms with Crippen LogP contribution in [-0.4, -0.2) is 74.2 Å². The molecule has 1 heterocycles. The van der Waals surface area contributed by atoms with E-state index in [1.54, 1.807) is 20.8 Å². The molecule has 28 heavy (non-hydrogen) atoms. The zero-order chi connectivity index (χ0) is 21.0. The first-order valence-electron chi connectivity index (χ1n) is 9.95. The summed E-state index contributed by atoms with van der Waals surface area (Å²) in [5, 5.41) is 7.90. The van der Waals surface area contributed by atoms with Crippen LogP contribution in [0.5, 0.6) is 0 Å². The maximum absolute atomic E-state index is 7.90. The van der Waals surface area contributed by atoms with E-state index in [0.29, 0.717) is 0 Å². The minimum atomic E-state index is -0.403. The van der Waals surface area contributed by atoms with E-state index in [2.05, 4.69) is 60.1 Å². The van der Waals surface area contributed by atoms with Crippen LogP contribution in [0.4, 0.5) is 0 Å². The maximum atomic E-state index is 7.90. The van der Waals surface area contributed by atoms with E-state index in [1.165, 1.54) is 30.4 Å². The van der Waals surface area contributed by atoms with Crippen LogP contribution >= 0.6 is 0 Å². The molecule has 0 spiro atoms. The SMILES string of the molecule is C=CC[N+](C)(C)CC=C.CC(C)(C)OO.CCC1C[N+](C)(C)CC1CC.[Cl-].[Cl-]. The number of likely N-dealkylation sites (tertiary alicyclic amines) is 1. The molecule has 2 unspecified atom stereocenters. The lowest BCUT2D eigenvalue weighted by molar-refractivity contribution is -0.880. The Morgan fingerprint density at radius 2 is 1.25 bits per heavy atom. The first-order chi connectivity index (χ1) is 11.8. The van der Waals surface area contributed by atoms with Crippen molar-refractivity contribution >= 4 is 0 Å². The average molecular weight is 444 g/mol. The molecule has 0 aromatic heterocycles. The first-order valence-corrected chi connectivity index (χ1v) is 9.95. The van der Waals surface area contributed by atoms with Gasteiger partial charge in [0.2, 0.25) is 0 Å². The van der Waals surface area contributed by atoms with E-state index >= 15 is 0 Å². The summed E-state index contributed by atoms with van der Waals surface area (Å²) in [7, 11) is 9.03. The lowest BCUT2D eigenvalue weighted by atomic mass is 9.92. The van der Waals surface area contributed by atoms with Gasteiger partial charge in [0.1, 0.15) is 0 Å². The lowest BCUT2D eigenvalue weighted by Gasteiger charge is -2.26. The van der Waals surface area contributed by atoms with Gasteiger partial charge in [0.05, 0.1) is 60.0 Å². The maximum Gasteiger partial charge on any atom is 0.0969 e. The second kappa shape index (κ2) is 16.7. The fourth-order valence-electron chi connectivity index (χ4n) is 3.34. The van der Waals surface area contributed by atoms with Crippen molar-refractivity contribution in [2.75, 3.05) is 54.4 Å². The van der Waals surface area contributed by atoms with Crippen molar-refractivity contribution < 1.29 is 43.9 Å². The van der Waals surface area contributed by atoms with Crippen molar-refractivity contribution in [3.63, 3.8) is 0 Å². The minimum Gasteiger partial charge on any atom is -1.00 e. The molecule has 6 heteroatoms. The summed E-state index contributed by atoms with van der Waals surface area (Å²) in [5.74, 6) is 1.99. The molecule has 1 saturated heterocycles. The van der Waals surface area contributed by atoms with E-state index in [0.717, 1.165) is 29.4 Å². The Kier molecular flexibility index (Phi) is 21.0. The van der Waals surface area contributed by atoms with Crippen LogP contribution in [0.2, 0.25) is 0 Å². The molecule has 0 radical (unpaired) electrons. The zero-order valence-corrected chi connectivity index (χ0v) is 21.5. The van der Waals surface area contributed by atoms with Gasteiger partial charge in [-0.25, -0.2) is 4.89 Å². The molecule has 0 saturated carbocycles. The summed E-state index contributed by atoms with van der Waals surface area (Å²) < 4.78 is 2.20. The Morgan fingerprint density at radius 1 is 0.964 bits per heavy atom. The van der Waals surface area contributed by atoms with Crippen molar-refractivity contribution in [2.45, 2.75) is 53.1 Å². The highest BCUT2D eigenvalue weighted by Gasteiger charge is 2.37. The Hall–Kier alpha value is -0.100. The van der Waals surface area contributed by atoms with Crippen LogP contribution in [-0.2, 0) is 4.89 Å². The van der Waals surface area contributed by atoms with Gasteiger partial charge in [-0.15, -0.1) is 0 Å². The van der Waals surface area contributed by atoms with Crippen LogP contribution in [0.25, 0.3) is 0 Å². The molecule has 0 aliphatic carbocycles. The smallest absolute Gasteiger partial charge is 0.0969 e. The van der Waals surface area contributed by atoms with Crippen LogP contribution in [0.15, 0.2) is 25.3 Å². The standard InChI is InChI=1S/C10H22N.C8H16N.C4H10O2.2ClH/c1-5-9-7-11(3,4)8-10(9)6-2;1-5-7-9(3,4)8-6-2;1-4(2,3)6-5;;/h9-10H,5-8H2,1-4H3;5-6H,1-2,7-8H2,3-4H3;5H,1-3H3;2*1H/q2*+1;;;/p-2. The number of halogens is 2. The fraction of sp³-hybridized carbons (Fsp3) is 0.818. The van der Waals surface area contributed by atoms with Gasteiger partial charge in [-0.1, -0.05) is 27.0 Å². The third kappa shape index (κ3) is 19.2. The van der Waals surface area contributed by atoms with Gasteiger partial charge in [0.15, 0.2) is 0 Å². The third-order valence-electron chi connectivity index (χ3n) is 4.69. The highest BCUT2D eigenvalue weighted by atomic mass is 35.5. The molecule has 0 aromatic rings. The van der Waals surface area contributed by atoms with Gasteiger partial charge in [0, 0.05) is 11.8 Å².